The van der Waals surface area contributed by atoms with Crippen molar-refractivity contribution in [2.75, 3.05) is 31.1 Å². The molecule has 5 rings (SSSR count). The van der Waals surface area contributed by atoms with Gasteiger partial charge in [-0.25, -0.2) is 9.78 Å². The Morgan fingerprint density at radius 2 is 1.43 bits per heavy atom. The number of amides is 4. The topological polar surface area (TPSA) is 117 Å². The molecule has 2 aliphatic rings. The summed E-state index contributed by atoms with van der Waals surface area (Å²) >= 11 is 5.92. The average molecular weight is 493 g/mol. The highest BCUT2D eigenvalue weighted by Crippen LogP contribution is 2.34. The number of aromatic nitrogens is 2. The first-order valence-corrected chi connectivity index (χ1v) is 11.3. The van der Waals surface area contributed by atoms with E-state index in [2.05, 4.69) is 20.6 Å². The minimum atomic E-state index is -1.71. The molecule has 2 N–H and O–H groups in total. The number of nitrogens with zero attached hydrogens (tertiary/aromatic N) is 4. The van der Waals surface area contributed by atoms with Crippen LogP contribution in [-0.4, -0.2) is 58.9 Å². The maximum absolute atomic E-state index is 13.3. The first-order chi connectivity index (χ1) is 17.0. The van der Waals surface area contributed by atoms with E-state index < -0.39 is 23.4 Å². The van der Waals surface area contributed by atoms with E-state index in [4.69, 9.17) is 16.3 Å². The van der Waals surface area contributed by atoms with Gasteiger partial charge in [0.25, 0.3) is 11.8 Å². The summed E-state index contributed by atoms with van der Waals surface area (Å²) in [6.45, 7) is 1.81. The molecule has 0 aliphatic carbocycles. The van der Waals surface area contributed by atoms with Crippen LogP contribution < -0.4 is 20.3 Å². The van der Waals surface area contributed by atoms with Gasteiger partial charge in [0.2, 0.25) is 5.54 Å². The molecule has 2 aliphatic heterocycles. The molecule has 10 nitrogen and oxygen atoms in total. The average Bonchev–Trinajstić information content (AvgIpc) is 2.87. The molecule has 2 fully saturated rings. The predicted octanol–water partition coefficient (Wildman–Crippen LogP) is 2.31. The van der Waals surface area contributed by atoms with Crippen LogP contribution in [0.15, 0.2) is 67.1 Å². The molecule has 2 saturated heterocycles. The zero-order valence-corrected chi connectivity index (χ0v) is 19.2. The van der Waals surface area contributed by atoms with E-state index in [9.17, 15) is 14.4 Å². The fourth-order valence-corrected chi connectivity index (χ4v) is 4.51. The number of barbiturate groups is 1. The van der Waals surface area contributed by atoms with Crippen LogP contribution >= 0.6 is 11.6 Å². The summed E-state index contributed by atoms with van der Waals surface area (Å²) in [5.74, 6) is 0.455. The largest absolute Gasteiger partial charge is 0.457 e. The maximum Gasteiger partial charge on any atom is 0.328 e. The highest BCUT2D eigenvalue weighted by molar-refractivity contribution is 6.30. The molecule has 0 spiro atoms. The lowest BCUT2D eigenvalue weighted by Gasteiger charge is -2.46. The quantitative estimate of drug-likeness (QED) is 0.521. The Hall–Kier alpha value is -4.02. The van der Waals surface area contributed by atoms with E-state index in [1.54, 1.807) is 72.0 Å². The number of anilines is 1. The molecule has 35 heavy (non-hydrogen) atoms. The van der Waals surface area contributed by atoms with Gasteiger partial charge in [-0.1, -0.05) is 23.7 Å². The van der Waals surface area contributed by atoms with Gasteiger partial charge in [-0.2, -0.15) is 0 Å². The van der Waals surface area contributed by atoms with E-state index in [1.165, 1.54) is 0 Å². The van der Waals surface area contributed by atoms with Gasteiger partial charge in [-0.05, 0) is 42.0 Å². The zero-order valence-electron chi connectivity index (χ0n) is 18.5. The van der Waals surface area contributed by atoms with Crippen LogP contribution in [0.5, 0.6) is 11.5 Å². The lowest BCUT2D eigenvalue weighted by atomic mass is 9.84. The van der Waals surface area contributed by atoms with Crippen molar-refractivity contribution >= 4 is 35.3 Å². The number of imide groups is 2. The van der Waals surface area contributed by atoms with E-state index in [-0.39, 0.29) is 0 Å². The van der Waals surface area contributed by atoms with Crippen molar-refractivity contribution in [2.45, 2.75) is 5.54 Å². The molecule has 2 aromatic carbocycles. The minimum Gasteiger partial charge on any atom is -0.457 e. The third-order valence-corrected chi connectivity index (χ3v) is 6.31. The smallest absolute Gasteiger partial charge is 0.328 e. The third-order valence-electron chi connectivity index (χ3n) is 6.06. The zero-order chi connectivity index (χ0) is 24.4. The number of carbonyl (C=O) groups is 3. The first-order valence-electron chi connectivity index (χ1n) is 10.9. The number of rotatable bonds is 5. The van der Waals surface area contributed by atoms with Crippen molar-refractivity contribution in [1.29, 1.82) is 0 Å². The van der Waals surface area contributed by atoms with Crippen molar-refractivity contribution in [3.63, 3.8) is 0 Å². The van der Waals surface area contributed by atoms with Gasteiger partial charge in [-0.3, -0.25) is 30.1 Å². The second kappa shape index (κ2) is 9.32. The molecule has 3 aromatic rings. The number of urea groups is 1. The summed E-state index contributed by atoms with van der Waals surface area (Å²) in [6, 6.07) is 12.8. The van der Waals surface area contributed by atoms with Gasteiger partial charge in [0.1, 0.15) is 17.3 Å². The Bertz CT molecular complexity index is 1230. The Labute approximate surface area is 205 Å². The summed E-state index contributed by atoms with van der Waals surface area (Å²) in [6.07, 6.45) is 4.89. The predicted molar refractivity (Wildman–Crippen MR) is 127 cm³/mol. The van der Waals surface area contributed by atoms with Crippen LogP contribution in [-0.2, 0) is 15.1 Å². The Morgan fingerprint density at radius 3 is 2.00 bits per heavy atom. The van der Waals surface area contributed by atoms with Crippen LogP contribution in [0.2, 0.25) is 5.02 Å². The van der Waals surface area contributed by atoms with Crippen LogP contribution in [0, 0.1) is 0 Å². The van der Waals surface area contributed by atoms with E-state index in [0.29, 0.717) is 48.3 Å². The number of hydrogen-bond donors (Lipinski definition) is 2. The monoisotopic (exact) mass is 492 g/mol. The molecule has 0 saturated carbocycles. The molecule has 3 heterocycles. The van der Waals surface area contributed by atoms with Crippen molar-refractivity contribution in [3.05, 3.63) is 77.7 Å². The van der Waals surface area contributed by atoms with E-state index >= 15 is 0 Å². The molecule has 0 radical (unpaired) electrons. The van der Waals surface area contributed by atoms with Gasteiger partial charge in [0.15, 0.2) is 0 Å². The minimum absolute atomic E-state index is 0.384. The lowest BCUT2D eigenvalue weighted by Crippen LogP contribution is -2.73. The first kappa shape index (κ1) is 22.8. The Balaban J connectivity index is 1.43. The van der Waals surface area contributed by atoms with Crippen molar-refractivity contribution in [1.82, 2.24) is 25.5 Å². The molecule has 1 aromatic heterocycles. The molecule has 0 unspecified atom stereocenters. The standard InChI is InChI=1S/C24H21ClN6O4/c25-17-3-7-19(8-4-17)35-18-5-1-16(2-6-18)24(21(32)28-23(34)29-22(24)33)31-13-11-30(12-14-31)20-15-26-9-10-27-20/h1-10,15H,11-14H2,(H2,28,29,32,33,34). The van der Waals surface area contributed by atoms with E-state index in [0.717, 1.165) is 5.82 Å². The molecular weight excluding hydrogens is 472 g/mol. The molecule has 11 heteroatoms. The Morgan fingerprint density at radius 1 is 0.829 bits per heavy atom. The Kier molecular flexibility index (Phi) is 6.06. The van der Waals surface area contributed by atoms with E-state index in [1.807, 2.05) is 4.90 Å². The fraction of sp³-hybridized carbons (Fsp3) is 0.208. The number of piperazine rings is 1. The second-order valence-electron chi connectivity index (χ2n) is 8.07. The van der Waals surface area contributed by atoms with Crippen LogP contribution in [0.1, 0.15) is 5.56 Å². The highest BCUT2D eigenvalue weighted by atomic mass is 35.5. The highest BCUT2D eigenvalue weighted by Gasteiger charge is 2.56. The van der Waals surface area contributed by atoms with Gasteiger partial charge >= 0.3 is 6.03 Å². The fourth-order valence-electron chi connectivity index (χ4n) is 4.38. The summed E-state index contributed by atoms with van der Waals surface area (Å²) in [7, 11) is 0. The van der Waals surface area contributed by atoms with Gasteiger partial charge < -0.3 is 9.64 Å². The van der Waals surface area contributed by atoms with Crippen molar-refractivity contribution < 1.29 is 19.1 Å². The second-order valence-corrected chi connectivity index (χ2v) is 8.50. The number of benzene rings is 2. The number of carbonyl (C=O) groups excluding carboxylic acids is 3. The SMILES string of the molecule is O=C1NC(=O)C(c2ccc(Oc3ccc(Cl)cc3)cc2)(N2CCN(c3cnccn3)CC2)C(=O)N1. The van der Waals surface area contributed by atoms with Gasteiger partial charge in [-0.15, -0.1) is 0 Å². The van der Waals surface area contributed by atoms with Crippen molar-refractivity contribution in [3.8, 4) is 11.5 Å². The summed E-state index contributed by atoms with van der Waals surface area (Å²) < 4.78 is 5.84. The summed E-state index contributed by atoms with van der Waals surface area (Å²) in [4.78, 5) is 50.7. The third kappa shape index (κ3) is 4.29. The molecule has 0 bridgehead atoms. The molecular formula is C24H21ClN6O4. The summed E-state index contributed by atoms with van der Waals surface area (Å²) in [5.41, 5.74) is -1.28. The normalized spacial score (nSPS) is 18.1. The molecule has 0 atom stereocenters. The number of halogens is 1. The molecule has 4 amide bonds. The van der Waals surface area contributed by atoms with Gasteiger partial charge in [0.05, 0.1) is 6.20 Å². The van der Waals surface area contributed by atoms with Crippen LogP contribution in [0.25, 0.3) is 0 Å². The van der Waals surface area contributed by atoms with Gasteiger partial charge in [0, 0.05) is 43.6 Å². The molecule has 178 valence electrons. The maximum atomic E-state index is 13.3. The number of ether oxygens (including phenoxy) is 1. The summed E-state index contributed by atoms with van der Waals surface area (Å²) in [5, 5.41) is 5.13. The number of nitrogens with one attached hydrogen (secondary N) is 2. The van der Waals surface area contributed by atoms with Crippen LogP contribution in [0.3, 0.4) is 0 Å². The number of hydrogen-bond acceptors (Lipinski definition) is 8. The van der Waals surface area contributed by atoms with Crippen LogP contribution in [0.4, 0.5) is 10.6 Å². The lowest BCUT2D eigenvalue weighted by molar-refractivity contribution is -0.149. The van der Waals surface area contributed by atoms with Crippen molar-refractivity contribution in [2.24, 2.45) is 0 Å².